The molecule has 1 N–H and O–H groups in total. The van der Waals surface area contributed by atoms with Crippen LogP contribution in [0, 0.1) is 4.77 Å². The van der Waals surface area contributed by atoms with E-state index in [1.165, 1.54) is 12.8 Å². The van der Waals surface area contributed by atoms with E-state index in [0.29, 0.717) is 6.04 Å². The highest BCUT2D eigenvalue weighted by molar-refractivity contribution is 7.71. The lowest BCUT2D eigenvalue weighted by Crippen LogP contribution is -2.04. The minimum Gasteiger partial charge on any atom is -0.329 e. The largest absolute Gasteiger partial charge is 0.329 e. The number of hydrogen-bond donors (Lipinski definition) is 1. The van der Waals surface area contributed by atoms with Gasteiger partial charge in [-0.1, -0.05) is 37.4 Å². The van der Waals surface area contributed by atoms with Crippen LogP contribution in [0.15, 0.2) is 18.2 Å². The number of para-hydroxylation sites is 1. The number of benzene rings is 1. The number of nitrogens with zero attached hydrogens (tertiary/aromatic N) is 1. The Hall–Kier alpha value is -0.800. The number of fused-ring (bicyclic) bond motifs is 1. The standard InChI is InChI=1S/C13H17ClN2S/c1-3-4-6-9(2)16-11-8-5-7-10(14)12(11)15-13(16)17/h5,7-9H,3-4,6H2,1-2H3,(H,15,17). The van der Waals surface area contributed by atoms with Crippen LogP contribution in [0.3, 0.4) is 0 Å². The lowest BCUT2D eigenvalue weighted by Gasteiger charge is -2.14. The number of halogens is 1. The molecule has 1 unspecified atom stereocenters. The highest BCUT2D eigenvalue weighted by Gasteiger charge is 2.12. The molecule has 4 heteroatoms. The Kier molecular flexibility index (Phi) is 3.89. The van der Waals surface area contributed by atoms with Crippen molar-refractivity contribution in [3.63, 3.8) is 0 Å². The molecular weight excluding hydrogens is 252 g/mol. The van der Waals surface area contributed by atoms with Crippen molar-refractivity contribution in [3.05, 3.63) is 28.0 Å². The van der Waals surface area contributed by atoms with E-state index in [0.717, 1.165) is 27.2 Å². The van der Waals surface area contributed by atoms with Gasteiger partial charge in [0, 0.05) is 6.04 Å². The summed E-state index contributed by atoms with van der Waals surface area (Å²) in [5, 5.41) is 0.732. The normalized spacial score (nSPS) is 13.1. The Morgan fingerprint density at radius 2 is 2.24 bits per heavy atom. The highest BCUT2D eigenvalue weighted by atomic mass is 35.5. The van der Waals surface area contributed by atoms with E-state index in [-0.39, 0.29) is 0 Å². The molecule has 2 rings (SSSR count). The maximum Gasteiger partial charge on any atom is 0.178 e. The van der Waals surface area contributed by atoms with E-state index in [9.17, 15) is 0 Å². The minimum absolute atomic E-state index is 0.412. The molecule has 0 saturated carbocycles. The molecule has 0 saturated heterocycles. The zero-order valence-electron chi connectivity index (χ0n) is 10.2. The van der Waals surface area contributed by atoms with Gasteiger partial charge in [-0.3, -0.25) is 0 Å². The maximum atomic E-state index is 6.16. The number of imidazole rings is 1. The van der Waals surface area contributed by atoms with Crippen LogP contribution in [0.1, 0.15) is 39.2 Å². The molecule has 0 fully saturated rings. The third-order valence-electron chi connectivity index (χ3n) is 3.12. The number of unbranched alkanes of at least 4 members (excludes halogenated alkanes) is 1. The average Bonchev–Trinajstić information content (AvgIpc) is 2.64. The third kappa shape index (κ3) is 2.40. The topological polar surface area (TPSA) is 20.7 Å². The van der Waals surface area contributed by atoms with Crippen LogP contribution in [0.25, 0.3) is 11.0 Å². The maximum absolute atomic E-state index is 6.16. The van der Waals surface area contributed by atoms with Crippen LogP contribution in [0.5, 0.6) is 0 Å². The van der Waals surface area contributed by atoms with Gasteiger partial charge in [0.25, 0.3) is 0 Å². The number of hydrogen-bond acceptors (Lipinski definition) is 1. The molecule has 92 valence electrons. The van der Waals surface area contributed by atoms with Gasteiger partial charge < -0.3 is 9.55 Å². The van der Waals surface area contributed by atoms with Crippen LogP contribution < -0.4 is 0 Å². The summed E-state index contributed by atoms with van der Waals surface area (Å²) in [5.41, 5.74) is 2.05. The fraction of sp³-hybridized carbons (Fsp3) is 0.462. The van der Waals surface area contributed by atoms with Crippen LogP contribution in [-0.4, -0.2) is 9.55 Å². The van der Waals surface area contributed by atoms with Gasteiger partial charge in [-0.2, -0.15) is 0 Å². The Morgan fingerprint density at radius 1 is 1.47 bits per heavy atom. The molecule has 0 spiro atoms. The Morgan fingerprint density at radius 3 is 2.94 bits per heavy atom. The van der Waals surface area contributed by atoms with Crippen molar-refractivity contribution in [1.29, 1.82) is 0 Å². The molecule has 17 heavy (non-hydrogen) atoms. The van der Waals surface area contributed by atoms with E-state index >= 15 is 0 Å². The van der Waals surface area contributed by atoms with E-state index in [4.69, 9.17) is 23.8 Å². The van der Waals surface area contributed by atoms with E-state index < -0.39 is 0 Å². The van der Waals surface area contributed by atoms with Crippen molar-refractivity contribution in [2.75, 3.05) is 0 Å². The molecule has 0 radical (unpaired) electrons. The van der Waals surface area contributed by atoms with Gasteiger partial charge in [0.2, 0.25) is 0 Å². The molecule has 0 amide bonds. The third-order valence-corrected chi connectivity index (χ3v) is 3.73. The molecule has 0 aliphatic rings. The summed E-state index contributed by atoms with van der Waals surface area (Å²) >= 11 is 11.5. The molecule has 0 bridgehead atoms. The van der Waals surface area contributed by atoms with Crippen molar-refractivity contribution in [3.8, 4) is 0 Å². The fourth-order valence-corrected chi connectivity index (χ4v) is 2.78. The summed E-state index contributed by atoms with van der Waals surface area (Å²) in [7, 11) is 0. The number of aromatic nitrogens is 2. The number of aromatic amines is 1. The van der Waals surface area contributed by atoms with Gasteiger partial charge in [-0.15, -0.1) is 0 Å². The molecule has 0 aliphatic heterocycles. The molecule has 0 aliphatic carbocycles. The fourth-order valence-electron chi connectivity index (χ4n) is 2.18. The van der Waals surface area contributed by atoms with E-state index in [1.807, 2.05) is 12.1 Å². The Bertz CT molecular complexity index is 570. The Balaban J connectivity index is 2.50. The summed E-state index contributed by atoms with van der Waals surface area (Å²) in [4.78, 5) is 3.20. The number of H-pyrrole nitrogens is 1. The van der Waals surface area contributed by atoms with E-state index in [1.54, 1.807) is 0 Å². The summed E-state index contributed by atoms with van der Waals surface area (Å²) in [6.45, 7) is 4.41. The molecule has 2 nitrogen and oxygen atoms in total. The molecule has 1 aromatic carbocycles. The zero-order chi connectivity index (χ0) is 12.4. The second-order valence-electron chi connectivity index (χ2n) is 4.43. The van der Waals surface area contributed by atoms with Crippen LogP contribution in [0.4, 0.5) is 0 Å². The average molecular weight is 269 g/mol. The Labute approximate surface area is 112 Å². The van der Waals surface area contributed by atoms with Gasteiger partial charge in [0.05, 0.1) is 16.1 Å². The van der Waals surface area contributed by atoms with Crippen molar-refractivity contribution in [2.24, 2.45) is 0 Å². The van der Waals surface area contributed by atoms with Gasteiger partial charge in [-0.25, -0.2) is 0 Å². The summed E-state index contributed by atoms with van der Waals surface area (Å²) < 4.78 is 2.93. The monoisotopic (exact) mass is 268 g/mol. The first-order chi connectivity index (χ1) is 8.15. The predicted molar refractivity (Wildman–Crippen MR) is 76.4 cm³/mol. The van der Waals surface area contributed by atoms with Crippen molar-refractivity contribution < 1.29 is 0 Å². The number of nitrogens with one attached hydrogen (secondary N) is 1. The molecular formula is C13H17ClN2S. The SMILES string of the molecule is CCCCC(C)n1c(=S)[nH]c2c(Cl)cccc21. The van der Waals surface area contributed by atoms with Crippen LogP contribution in [-0.2, 0) is 0 Å². The quantitative estimate of drug-likeness (QED) is 0.765. The van der Waals surface area contributed by atoms with Gasteiger partial charge >= 0.3 is 0 Å². The molecule has 1 atom stereocenters. The van der Waals surface area contributed by atoms with Crippen LogP contribution >= 0.6 is 23.8 Å². The van der Waals surface area contributed by atoms with Gasteiger partial charge in [0.15, 0.2) is 4.77 Å². The highest BCUT2D eigenvalue weighted by Crippen LogP contribution is 2.26. The molecule has 1 aromatic heterocycles. The molecule has 2 aromatic rings. The second-order valence-corrected chi connectivity index (χ2v) is 5.22. The first kappa shape index (κ1) is 12.7. The van der Waals surface area contributed by atoms with Crippen molar-refractivity contribution in [2.45, 2.75) is 39.2 Å². The van der Waals surface area contributed by atoms with Gasteiger partial charge in [-0.05, 0) is 37.7 Å². The first-order valence-electron chi connectivity index (χ1n) is 6.04. The predicted octanol–water partition coefficient (Wildman–Crippen LogP) is 5.10. The lowest BCUT2D eigenvalue weighted by atomic mass is 10.1. The van der Waals surface area contributed by atoms with Crippen LogP contribution in [0.2, 0.25) is 5.02 Å². The van der Waals surface area contributed by atoms with Gasteiger partial charge in [0.1, 0.15) is 0 Å². The smallest absolute Gasteiger partial charge is 0.178 e. The zero-order valence-corrected chi connectivity index (χ0v) is 11.7. The summed E-state index contributed by atoms with van der Waals surface area (Å²) in [5.74, 6) is 0. The van der Waals surface area contributed by atoms with Crippen molar-refractivity contribution in [1.82, 2.24) is 9.55 Å². The number of rotatable bonds is 4. The minimum atomic E-state index is 0.412. The first-order valence-corrected chi connectivity index (χ1v) is 6.82. The summed E-state index contributed by atoms with van der Waals surface area (Å²) in [6, 6.07) is 6.33. The lowest BCUT2D eigenvalue weighted by molar-refractivity contribution is 0.491. The second kappa shape index (κ2) is 5.23. The summed E-state index contributed by atoms with van der Waals surface area (Å²) in [6.07, 6.45) is 3.57. The van der Waals surface area contributed by atoms with E-state index in [2.05, 4.69) is 29.5 Å². The van der Waals surface area contributed by atoms with Crippen molar-refractivity contribution >= 4 is 34.9 Å². The molecule has 1 heterocycles.